The molecule has 0 aliphatic carbocycles. The van der Waals surface area contributed by atoms with Crippen LogP contribution in [0, 0.1) is 0 Å². The highest BCUT2D eigenvalue weighted by atomic mass is 35.5. The molecule has 2 aromatic rings. The molecule has 0 aromatic heterocycles. The molecule has 3 heterocycles. The highest BCUT2D eigenvalue weighted by Gasteiger charge is 2.44. The van der Waals surface area contributed by atoms with Crippen molar-refractivity contribution in [1.29, 1.82) is 0 Å². The van der Waals surface area contributed by atoms with Crippen molar-refractivity contribution in [2.75, 3.05) is 24.5 Å². The van der Waals surface area contributed by atoms with Crippen LogP contribution in [0.4, 0.5) is 10.5 Å². The van der Waals surface area contributed by atoms with E-state index in [0.29, 0.717) is 29.2 Å². The van der Waals surface area contributed by atoms with Crippen LogP contribution in [-0.2, 0) is 6.42 Å². The number of nitrogens with zero attached hydrogens (tertiary/aromatic N) is 2. The smallest absolute Gasteiger partial charge is 0.407 e. The van der Waals surface area contributed by atoms with Crippen LogP contribution < -0.4 is 4.90 Å². The average molecular weight is 417 g/mol. The van der Waals surface area contributed by atoms with Crippen molar-refractivity contribution in [1.82, 2.24) is 4.90 Å². The predicted molar refractivity (Wildman–Crippen MR) is 113 cm³/mol. The lowest BCUT2D eigenvalue weighted by molar-refractivity contribution is 0.127. The summed E-state index contributed by atoms with van der Waals surface area (Å²) >= 11 is 12.7. The third-order valence-corrected chi connectivity index (χ3v) is 7.05. The first-order chi connectivity index (χ1) is 13.5. The van der Waals surface area contributed by atoms with E-state index < -0.39 is 6.09 Å². The third kappa shape index (κ3) is 2.85. The molecular weight excluding hydrogens is 395 g/mol. The minimum atomic E-state index is -0.820. The second-order valence-electron chi connectivity index (χ2n) is 8.04. The number of halogens is 2. The molecule has 28 heavy (non-hydrogen) atoms. The lowest BCUT2D eigenvalue weighted by Gasteiger charge is -2.37. The Morgan fingerprint density at radius 1 is 1.11 bits per heavy atom. The largest absolute Gasteiger partial charge is 0.465 e. The summed E-state index contributed by atoms with van der Waals surface area (Å²) in [4.78, 5) is 15.7. The first-order valence-electron chi connectivity index (χ1n) is 9.89. The molecule has 4 nitrogen and oxygen atoms in total. The first-order valence-corrected chi connectivity index (χ1v) is 10.7. The quantitative estimate of drug-likeness (QED) is 0.652. The maximum Gasteiger partial charge on any atom is 0.407 e. The molecule has 2 aromatic carbocycles. The number of anilines is 1. The highest BCUT2D eigenvalue weighted by Crippen LogP contribution is 2.50. The van der Waals surface area contributed by atoms with E-state index in [4.69, 9.17) is 23.2 Å². The van der Waals surface area contributed by atoms with Gasteiger partial charge in [0.15, 0.2) is 0 Å². The zero-order chi connectivity index (χ0) is 19.4. The molecule has 0 saturated carbocycles. The van der Waals surface area contributed by atoms with Gasteiger partial charge in [0.1, 0.15) is 0 Å². The average Bonchev–Trinajstić information content (AvgIpc) is 2.84. The van der Waals surface area contributed by atoms with Gasteiger partial charge in [-0.3, -0.25) is 0 Å². The molecule has 1 fully saturated rings. The SMILES string of the molecule is O=C(O)N1CC[C@H]2[C@@H](C1)c1cc(-c3cc(Cl)ccc3Cl)cc3c1N2CCCC3. The van der Waals surface area contributed by atoms with Crippen LogP contribution in [0.1, 0.15) is 36.3 Å². The Morgan fingerprint density at radius 3 is 2.79 bits per heavy atom. The molecule has 2 atom stereocenters. The predicted octanol–water partition coefficient (Wildman–Crippen LogP) is 5.65. The standard InChI is InChI=1S/C22H22Cl2N2O2/c23-15-4-5-19(24)16(11-15)14-9-13-3-1-2-7-26-20-6-8-25(22(27)28)12-18(20)17(10-14)21(13)26/h4-5,9-11,18,20H,1-3,6-8,12H2,(H,27,28)/t18-,20-/m0/s1. The van der Waals surface area contributed by atoms with E-state index in [0.717, 1.165) is 30.5 Å². The van der Waals surface area contributed by atoms with Crippen molar-refractivity contribution in [2.45, 2.75) is 37.6 Å². The molecule has 6 heteroatoms. The van der Waals surface area contributed by atoms with Crippen molar-refractivity contribution < 1.29 is 9.90 Å². The maximum absolute atomic E-state index is 11.6. The van der Waals surface area contributed by atoms with Gasteiger partial charge in [-0.2, -0.15) is 0 Å². The van der Waals surface area contributed by atoms with Gasteiger partial charge in [-0.25, -0.2) is 4.79 Å². The van der Waals surface area contributed by atoms with Gasteiger partial charge < -0.3 is 14.9 Å². The number of hydrogen-bond acceptors (Lipinski definition) is 2. The van der Waals surface area contributed by atoms with Gasteiger partial charge in [-0.15, -0.1) is 0 Å². The van der Waals surface area contributed by atoms with Crippen molar-refractivity contribution in [3.05, 3.63) is 51.5 Å². The lowest BCUT2D eigenvalue weighted by Crippen LogP contribution is -2.48. The number of rotatable bonds is 1. The molecule has 146 valence electrons. The molecule has 3 aliphatic rings. The van der Waals surface area contributed by atoms with Crippen LogP contribution in [0.2, 0.25) is 10.0 Å². The summed E-state index contributed by atoms with van der Waals surface area (Å²) in [7, 11) is 0. The van der Waals surface area contributed by atoms with Crippen LogP contribution in [-0.4, -0.2) is 41.8 Å². The van der Waals surface area contributed by atoms with E-state index in [-0.39, 0.29) is 5.92 Å². The molecule has 5 rings (SSSR count). The number of carbonyl (C=O) groups is 1. The van der Waals surface area contributed by atoms with Gasteiger partial charge in [0.05, 0.1) is 0 Å². The van der Waals surface area contributed by atoms with E-state index >= 15 is 0 Å². The van der Waals surface area contributed by atoms with Crippen LogP contribution in [0.25, 0.3) is 11.1 Å². The molecule has 0 bridgehead atoms. The summed E-state index contributed by atoms with van der Waals surface area (Å²) in [6.45, 7) is 2.24. The normalized spacial score (nSPS) is 23.2. The summed E-state index contributed by atoms with van der Waals surface area (Å²) in [5.41, 5.74) is 6.01. The second kappa shape index (κ2) is 6.85. The summed E-state index contributed by atoms with van der Waals surface area (Å²) in [5, 5.41) is 10.9. The van der Waals surface area contributed by atoms with Gasteiger partial charge >= 0.3 is 6.09 Å². The number of fused-ring (bicyclic) bond motifs is 3. The molecule has 1 amide bonds. The Bertz CT molecular complexity index is 962. The van der Waals surface area contributed by atoms with Crippen LogP contribution in [0.15, 0.2) is 30.3 Å². The van der Waals surface area contributed by atoms with Crippen LogP contribution >= 0.6 is 23.2 Å². The van der Waals surface area contributed by atoms with Crippen molar-refractivity contribution >= 4 is 35.0 Å². The van der Waals surface area contributed by atoms with E-state index in [2.05, 4.69) is 17.0 Å². The molecule has 0 unspecified atom stereocenters. The fourth-order valence-corrected chi connectivity index (χ4v) is 5.65. The van der Waals surface area contributed by atoms with Gasteiger partial charge in [-0.1, -0.05) is 23.2 Å². The number of likely N-dealkylation sites (tertiary alicyclic amines) is 1. The maximum atomic E-state index is 11.6. The molecular formula is C22H22Cl2N2O2. The number of carboxylic acid groups (broad SMARTS) is 1. The number of piperidine rings is 1. The number of aryl methyl sites for hydroxylation is 1. The first kappa shape index (κ1) is 18.1. The summed E-state index contributed by atoms with van der Waals surface area (Å²) < 4.78 is 0. The Labute approximate surface area is 174 Å². The van der Waals surface area contributed by atoms with Crippen molar-refractivity contribution in [2.24, 2.45) is 0 Å². The third-order valence-electron chi connectivity index (χ3n) is 6.49. The van der Waals surface area contributed by atoms with E-state index in [1.807, 2.05) is 12.1 Å². The Kier molecular flexibility index (Phi) is 4.44. The Hall–Kier alpha value is -1.91. The fraction of sp³-hybridized carbons (Fsp3) is 0.409. The number of hydrogen-bond donors (Lipinski definition) is 1. The zero-order valence-electron chi connectivity index (χ0n) is 15.5. The zero-order valence-corrected chi connectivity index (χ0v) is 17.0. The van der Waals surface area contributed by atoms with Gasteiger partial charge in [0.2, 0.25) is 0 Å². The minimum Gasteiger partial charge on any atom is -0.465 e. The monoisotopic (exact) mass is 416 g/mol. The minimum absolute atomic E-state index is 0.217. The van der Waals surface area contributed by atoms with Crippen molar-refractivity contribution in [3.63, 3.8) is 0 Å². The van der Waals surface area contributed by atoms with Crippen LogP contribution in [0.5, 0.6) is 0 Å². The lowest BCUT2D eigenvalue weighted by atomic mass is 9.86. The highest BCUT2D eigenvalue weighted by molar-refractivity contribution is 6.35. The fourth-order valence-electron chi connectivity index (χ4n) is 5.25. The summed E-state index contributed by atoms with van der Waals surface area (Å²) in [5.74, 6) is 0.217. The van der Waals surface area contributed by atoms with Gasteiger partial charge in [0.25, 0.3) is 0 Å². The Balaban J connectivity index is 1.66. The van der Waals surface area contributed by atoms with E-state index in [1.54, 1.807) is 11.0 Å². The summed E-state index contributed by atoms with van der Waals surface area (Å²) in [6.07, 6.45) is 3.46. The van der Waals surface area contributed by atoms with E-state index in [9.17, 15) is 9.90 Å². The molecule has 0 spiro atoms. The Morgan fingerprint density at radius 2 is 1.96 bits per heavy atom. The molecule has 0 radical (unpaired) electrons. The molecule has 1 N–H and O–H groups in total. The second-order valence-corrected chi connectivity index (χ2v) is 8.88. The molecule has 3 aliphatic heterocycles. The van der Waals surface area contributed by atoms with Gasteiger partial charge in [-0.05, 0) is 72.7 Å². The van der Waals surface area contributed by atoms with Crippen molar-refractivity contribution in [3.8, 4) is 11.1 Å². The van der Waals surface area contributed by atoms with Crippen LogP contribution in [0.3, 0.4) is 0 Å². The summed E-state index contributed by atoms with van der Waals surface area (Å²) in [6, 6.07) is 10.5. The van der Waals surface area contributed by atoms with Gasteiger partial charge in [0, 0.05) is 52.9 Å². The number of benzene rings is 2. The topological polar surface area (TPSA) is 43.8 Å². The molecule has 1 saturated heterocycles. The van der Waals surface area contributed by atoms with E-state index in [1.165, 1.54) is 29.7 Å². The number of amides is 1.